The van der Waals surface area contributed by atoms with Crippen LogP contribution >= 0.6 is 0 Å². The first-order valence-corrected chi connectivity index (χ1v) is 11.7. The highest BCUT2D eigenvalue weighted by Crippen LogP contribution is 2.19. The zero-order valence-electron chi connectivity index (χ0n) is 19.4. The smallest absolute Gasteiger partial charge is 0.344 e. The van der Waals surface area contributed by atoms with Crippen LogP contribution in [-0.2, 0) is 18.4 Å². The predicted octanol–water partition coefficient (Wildman–Crippen LogP) is 5.67. The number of nitrogens with zero attached hydrogens (tertiary/aromatic N) is 1. The van der Waals surface area contributed by atoms with Gasteiger partial charge in [0.05, 0.1) is 13.2 Å². The van der Waals surface area contributed by atoms with Crippen molar-refractivity contribution in [1.82, 2.24) is 0 Å². The van der Waals surface area contributed by atoms with Gasteiger partial charge in [-0.3, -0.25) is 0 Å². The number of unbranched alkanes of at least 4 members (excludes halogenated alkanes) is 5. The van der Waals surface area contributed by atoms with Crippen molar-refractivity contribution in [2.24, 2.45) is 7.05 Å². The lowest BCUT2D eigenvalue weighted by Gasteiger charge is -2.09. The van der Waals surface area contributed by atoms with Gasteiger partial charge in [-0.25, -0.2) is 9.36 Å². The molecule has 0 bridgehead atoms. The molecule has 0 saturated carbocycles. The molecule has 3 aromatic rings. The van der Waals surface area contributed by atoms with E-state index in [-0.39, 0.29) is 5.97 Å². The zero-order valence-corrected chi connectivity index (χ0v) is 19.4. The molecule has 0 fully saturated rings. The second kappa shape index (κ2) is 13.9. The number of carbonyl (C=O) groups excluding carboxylic acids is 1. The standard InChI is InChI=1S/C28H34NO4/c1-29-19-11-14-25(22-29)28(30)32-21-10-5-3-2-4-9-20-31-26-15-17-27(18-16-26)33-23-24-12-7-6-8-13-24/h6-8,11-19,22H,2-5,9-10,20-21,23H2,1H3/q+1. The van der Waals surface area contributed by atoms with Crippen molar-refractivity contribution < 1.29 is 23.6 Å². The Kier molecular flexibility index (Phi) is 10.3. The fraction of sp³-hybridized carbons (Fsp3) is 0.357. The summed E-state index contributed by atoms with van der Waals surface area (Å²) < 4.78 is 18.8. The van der Waals surface area contributed by atoms with Crippen LogP contribution in [0.25, 0.3) is 0 Å². The van der Waals surface area contributed by atoms with Gasteiger partial charge in [-0.1, -0.05) is 56.0 Å². The molecule has 0 aliphatic rings. The highest BCUT2D eigenvalue weighted by atomic mass is 16.5. The van der Waals surface area contributed by atoms with Crippen molar-refractivity contribution >= 4 is 5.97 Å². The van der Waals surface area contributed by atoms with E-state index < -0.39 is 0 Å². The maximum atomic E-state index is 12.0. The Balaban J connectivity index is 1.17. The van der Waals surface area contributed by atoms with Crippen LogP contribution in [0.4, 0.5) is 0 Å². The maximum Gasteiger partial charge on any atom is 0.344 e. The van der Waals surface area contributed by atoms with Gasteiger partial charge in [-0.15, -0.1) is 0 Å². The van der Waals surface area contributed by atoms with E-state index in [4.69, 9.17) is 14.2 Å². The fourth-order valence-corrected chi connectivity index (χ4v) is 3.43. The number of hydrogen-bond donors (Lipinski definition) is 0. The van der Waals surface area contributed by atoms with E-state index in [0.717, 1.165) is 62.2 Å². The molecular formula is C28H34NO4+. The van der Waals surface area contributed by atoms with Gasteiger partial charge >= 0.3 is 5.97 Å². The Hall–Kier alpha value is -3.34. The number of hydrogen-bond acceptors (Lipinski definition) is 4. The van der Waals surface area contributed by atoms with Gasteiger partial charge in [0.15, 0.2) is 12.4 Å². The van der Waals surface area contributed by atoms with Gasteiger partial charge in [0.1, 0.15) is 30.7 Å². The fourth-order valence-electron chi connectivity index (χ4n) is 3.43. The molecule has 0 atom stereocenters. The number of esters is 1. The summed E-state index contributed by atoms with van der Waals surface area (Å²) in [6, 6.07) is 21.6. The van der Waals surface area contributed by atoms with Crippen LogP contribution in [0.2, 0.25) is 0 Å². The van der Waals surface area contributed by atoms with E-state index in [9.17, 15) is 4.79 Å². The minimum atomic E-state index is -0.251. The number of aryl methyl sites for hydroxylation is 1. The molecule has 0 radical (unpaired) electrons. The molecule has 5 heteroatoms. The Bertz CT molecular complexity index is 957. The molecule has 0 aliphatic heterocycles. The van der Waals surface area contributed by atoms with Crippen molar-refractivity contribution in [3.63, 3.8) is 0 Å². The van der Waals surface area contributed by atoms with Crippen LogP contribution in [0.3, 0.4) is 0 Å². The third-order valence-corrected chi connectivity index (χ3v) is 5.29. The minimum absolute atomic E-state index is 0.251. The van der Waals surface area contributed by atoms with Gasteiger partial charge < -0.3 is 14.2 Å². The summed E-state index contributed by atoms with van der Waals surface area (Å²) >= 11 is 0. The molecule has 0 unspecified atom stereocenters. The molecular weight excluding hydrogens is 414 g/mol. The van der Waals surface area contributed by atoms with Crippen LogP contribution in [0.5, 0.6) is 11.5 Å². The van der Waals surface area contributed by atoms with E-state index in [1.54, 1.807) is 12.3 Å². The molecule has 0 N–H and O–H groups in total. The molecule has 2 aromatic carbocycles. The van der Waals surface area contributed by atoms with Crippen molar-refractivity contribution in [1.29, 1.82) is 0 Å². The first kappa shape index (κ1) is 24.3. The second-order valence-electron chi connectivity index (χ2n) is 8.11. The van der Waals surface area contributed by atoms with Crippen LogP contribution in [0, 0.1) is 0 Å². The minimum Gasteiger partial charge on any atom is -0.494 e. The monoisotopic (exact) mass is 448 g/mol. The van der Waals surface area contributed by atoms with E-state index in [1.165, 1.54) is 0 Å². The predicted molar refractivity (Wildman–Crippen MR) is 128 cm³/mol. The normalized spacial score (nSPS) is 10.6. The molecule has 0 amide bonds. The summed E-state index contributed by atoms with van der Waals surface area (Å²) in [6.45, 7) is 1.76. The van der Waals surface area contributed by atoms with Crippen LogP contribution in [0.15, 0.2) is 79.1 Å². The summed E-state index contributed by atoms with van der Waals surface area (Å²) in [5, 5.41) is 0. The Morgan fingerprint density at radius 2 is 1.36 bits per heavy atom. The van der Waals surface area contributed by atoms with Gasteiger partial charge in [0, 0.05) is 6.07 Å². The van der Waals surface area contributed by atoms with Gasteiger partial charge in [0.25, 0.3) is 0 Å². The number of carbonyl (C=O) groups is 1. The number of rotatable bonds is 14. The van der Waals surface area contributed by atoms with E-state index in [0.29, 0.717) is 18.8 Å². The molecule has 174 valence electrons. The van der Waals surface area contributed by atoms with Crippen molar-refractivity contribution in [2.75, 3.05) is 13.2 Å². The summed E-state index contributed by atoms with van der Waals surface area (Å²) in [5.41, 5.74) is 1.75. The summed E-state index contributed by atoms with van der Waals surface area (Å²) in [5.74, 6) is 1.46. The summed E-state index contributed by atoms with van der Waals surface area (Å²) in [4.78, 5) is 12.0. The van der Waals surface area contributed by atoms with Gasteiger partial charge in [-0.05, 0) is 48.7 Å². The molecule has 0 spiro atoms. The third kappa shape index (κ3) is 9.36. The van der Waals surface area contributed by atoms with Crippen molar-refractivity contribution in [2.45, 2.75) is 45.1 Å². The zero-order chi connectivity index (χ0) is 23.1. The number of pyridine rings is 1. The van der Waals surface area contributed by atoms with E-state index in [2.05, 4.69) is 12.1 Å². The first-order chi connectivity index (χ1) is 16.2. The molecule has 0 saturated heterocycles. The number of aromatic nitrogens is 1. The van der Waals surface area contributed by atoms with Crippen molar-refractivity contribution in [3.8, 4) is 11.5 Å². The molecule has 5 nitrogen and oxygen atoms in total. The number of benzene rings is 2. The average Bonchev–Trinajstić information content (AvgIpc) is 2.85. The Morgan fingerprint density at radius 3 is 2.06 bits per heavy atom. The third-order valence-electron chi connectivity index (χ3n) is 5.29. The largest absolute Gasteiger partial charge is 0.494 e. The Labute approximate surface area is 196 Å². The maximum absolute atomic E-state index is 12.0. The molecule has 1 aromatic heterocycles. The van der Waals surface area contributed by atoms with E-state index in [1.807, 2.05) is 66.3 Å². The van der Waals surface area contributed by atoms with Crippen LogP contribution in [-0.4, -0.2) is 19.2 Å². The quantitative estimate of drug-likeness (QED) is 0.181. The lowest BCUT2D eigenvalue weighted by atomic mass is 10.1. The van der Waals surface area contributed by atoms with Crippen molar-refractivity contribution in [3.05, 3.63) is 90.3 Å². The topological polar surface area (TPSA) is 48.6 Å². The average molecular weight is 449 g/mol. The SMILES string of the molecule is C[n+]1cccc(C(=O)OCCCCCCCCOc2ccc(OCc3ccccc3)cc2)c1. The van der Waals surface area contributed by atoms with Gasteiger partial charge in [0.2, 0.25) is 0 Å². The lowest BCUT2D eigenvalue weighted by Crippen LogP contribution is -2.28. The second-order valence-corrected chi connectivity index (χ2v) is 8.11. The van der Waals surface area contributed by atoms with Crippen LogP contribution < -0.4 is 14.0 Å². The molecule has 33 heavy (non-hydrogen) atoms. The van der Waals surface area contributed by atoms with E-state index >= 15 is 0 Å². The first-order valence-electron chi connectivity index (χ1n) is 11.7. The molecule has 3 rings (SSSR count). The van der Waals surface area contributed by atoms with Gasteiger partial charge in [-0.2, -0.15) is 0 Å². The summed E-state index contributed by atoms with van der Waals surface area (Å²) in [7, 11) is 1.89. The highest BCUT2D eigenvalue weighted by Gasteiger charge is 2.09. The highest BCUT2D eigenvalue weighted by molar-refractivity contribution is 5.88. The Morgan fingerprint density at radius 1 is 0.727 bits per heavy atom. The molecule has 0 aliphatic carbocycles. The number of ether oxygens (including phenoxy) is 3. The molecule has 1 heterocycles. The lowest BCUT2D eigenvalue weighted by molar-refractivity contribution is -0.671. The summed E-state index contributed by atoms with van der Waals surface area (Å²) in [6.07, 6.45) is 10.1. The van der Waals surface area contributed by atoms with Crippen LogP contribution in [0.1, 0.15) is 54.4 Å².